The molecule has 0 spiro atoms. The van der Waals surface area contributed by atoms with Gasteiger partial charge in [0.1, 0.15) is 0 Å². The summed E-state index contributed by atoms with van der Waals surface area (Å²) in [6.45, 7) is 6.30. The molecule has 2 aliphatic rings. The number of hydrogen-bond acceptors (Lipinski definition) is 2. The van der Waals surface area contributed by atoms with Crippen LogP contribution in [0.15, 0.2) is 0 Å². The first-order valence-corrected chi connectivity index (χ1v) is 8.24. The number of rotatable bonds is 7. The Labute approximate surface area is 113 Å². The van der Waals surface area contributed by atoms with Crippen LogP contribution in [0.3, 0.4) is 0 Å². The van der Waals surface area contributed by atoms with E-state index in [1.165, 1.54) is 71.0 Å². The van der Waals surface area contributed by atoms with Crippen LogP contribution in [0.1, 0.15) is 58.3 Å². The van der Waals surface area contributed by atoms with Gasteiger partial charge in [0, 0.05) is 13.1 Å². The molecule has 0 heterocycles. The van der Waals surface area contributed by atoms with Gasteiger partial charge >= 0.3 is 0 Å². The van der Waals surface area contributed by atoms with Crippen molar-refractivity contribution in [2.24, 2.45) is 11.3 Å². The Morgan fingerprint density at radius 1 is 1.18 bits per heavy atom. The van der Waals surface area contributed by atoms with Crippen LogP contribution in [0.25, 0.3) is 0 Å². The predicted molar refractivity (Wildman–Crippen MR) is 78.8 cm³/mol. The molecule has 0 aliphatic heterocycles. The first-order chi connectivity index (χ1) is 8.28. The first-order valence-electron chi connectivity index (χ1n) is 7.61. The van der Waals surface area contributed by atoms with Crippen LogP contribution in [-0.4, -0.2) is 30.3 Å². The van der Waals surface area contributed by atoms with Gasteiger partial charge in [-0.1, -0.05) is 26.2 Å². The Kier molecular flexibility index (Phi) is 5.23. The topological polar surface area (TPSA) is 3.24 Å². The van der Waals surface area contributed by atoms with Crippen molar-refractivity contribution in [3.8, 4) is 0 Å². The molecule has 0 atom stereocenters. The summed E-state index contributed by atoms with van der Waals surface area (Å²) in [5.41, 5.74) is 0.547. The maximum absolute atomic E-state index is 4.67. The SMILES string of the molecule is CCCN(CC1CC1)CC1(CS)CCCCC1. The quantitative estimate of drug-likeness (QED) is 0.673. The fraction of sp³-hybridized carbons (Fsp3) is 1.00. The normalized spacial score (nSPS) is 24.2. The average Bonchev–Trinajstić information content (AvgIpc) is 3.14. The van der Waals surface area contributed by atoms with E-state index in [4.69, 9.17) is 0 Å². The monoisotopic (exact) mass is 255 g/mol. The molecule has 17 heavy (non-hydrogen) atoms. The van der Waals surface area contributed by atoms with Crippen LogP contribution in [0.5, 0.6) is 0 Å². The van der Waals surface area contributed by atoms with Crippen molar-refractivity contribution >= 4 is 12.6 Å². The lowest BCUT2D eigenvalue weighted by atomic mass is 9.75. The molecule has 2 rings (SSSR count). The third-order valence-corrected chi connectivity index (χ3v) is 5.23. The highest BCUT2D eigenvalue weighted by Gasteiger charge is 2.34. The molecule has 0 aromatic heterocycles. The largest absolute Gasteiger partial charge is 0.302 e. The zero-order valence-electron chi connectivity index (χ0n) is 11.5. The van der Waals surface area contributed by atoms with E-state index >= 15 is 0 Å². The fourth-order valence-electron chi connectivity index (χ4n) is 3.36. The van der Waals surface area contributed by atoms with E-state index in [-0.39, 0.29) is 0 Å². The van der Waals surface area contributed by atoms with Gasteiger partial charge in [-0.2, -0.15) is 12.6 Å². The molecule has 0 radical (unpaired) electrons. The zero-order chi connectivity index (χ0) is 12.1. The molecule has 0 aromatic carbocycles. The second-order valence-electron chi connectivity index (χ2n) is 6.40. The van der Waals surface area contributed by atoms with Gasteiger partial charge < -0.3 is 4.90 Å². The van der Waals surface area contributed by atoms with Crippen molar-refractivity contribution in [3.63, 3.8) is 0 Å². The van der Waals surface area contributed by atoms with E-state index in [0.29, 0.717) is 5.41 Å². The van der Waals surface area contributed by atoms with E-state index in [2.05, 4.69) is 24.5 Å². The van der Waals surface area contributed by atoms with Gasteiger partial charge in [0.15, 0.2) is 0 Å². The average molecular weight is 255 g/mol. The van der Waals surface area contributed by atoms with Gasteiger partial charge in [0.25, 0.3) is 0 Å². The second kappa shape index (κ2) is 6.47. The molecular weight excluding hydrogens is 226 g/mol. The summed E-state index contributed by atoms with van der Waals surface area (Å²) >= 11 is 4.67. The van der Waals surface area contributed by atoms with E-state index < -0.39 is 0 Å². The molecular formula is C15H29NS. The van der Waals surface area contributed by atoms with Gasteiger partial charge in [-0.15, -0.1) is 0 Å². The Morgan fingerprint density at radius 2 is 1.88 bits per heavy atom. The standard InChI is InChI=1S/C15H29NS/c1-2-10-16(11-14-6-7-14)12-15(13-17)8-4-3-5-9-15/h14,17H,2-13H2,1H3. The maximum atomic E-state index is 4.67. The van der Waals surface area contributed by atoms with E-state index in [0.717, 1.165) is 11.7 Å². The molecule has 2 saturated carbocycles. The molecule has 2 aliphatic carbocycles. The van der Waals surface area contributed by atoms with Crippen molar-refractivity contribution < 1.29 is 0 Å². The Hall–Kier alpha value is 0.310. The highest BCUT2D eigenvalue weighted by atomic mass is 32.1. The molecule has 0 N–H and O–H groups in total. The summed E-state index contributed by atoms with van der Waals surface area (Å²) < 4.78 is 0. The minimum absolute atomic E-state index is 0.547. The van der Waals surface area contributed by atoms with Crippen LogP contribution in [0.2, 0.25) is 0 Å². The molecule has 0 bridgehead atoms. The molecule has 0 aromatic rings. The molecule has 2 heteroatoms. The summed E-state index contributed by atoms with van der Waals surface area (Å²) in [6, 6.07) is 0. The van der Waals surface area contributed by atoms with Crippen molar-refractivity contribution in [1.29, 1.82) is 0 Å². The van der Waals surface area contributed by atoms with Crippen LogP contribution in [0, 0.1) is 11.3 Å². The zero-order valence-corrected chi connectivity index (χ0v) is 12.4. The van der Waals surface area contributed by atoms with E-state index in [9.17, 15) is 0 Å². The minimum Gasteiger partial charge on any atom is -0.302 e. The lowest BCUT2D eigenvalue weighted by Gasteiger charge is -2.40. The summed E-state index contributed by atoms with van der Waals surface area (Å²) in [4.78, 5) is 2.75. The molecule has 0 saturated heterocycles. The number of hydrogen-bond donors (Lipinski definition) is 1. The van der Waals surface area contributed by atoms with Gasteiger partial charge in [0.2, 0.25) is 0 Å². The van der Waals surface area contributed by atoms with Gasteiger partial charge in [0.05, 0.1) is 0 Å². The lowest BCUT2D eigenvalue weighted by Crippen LogP contribution is -2.41. The summed E-state index contributed by atoms with van der Waals surface area (Å²) in [5.74, 6) is 2.12. The summed E-state index contributed by atoms with van der Waals surface area (Å²) in [7, 11) is 0. The number of nitrogens with zero attached hydrogens (tertiary/aromatic N) is 1. The van der Waals surface area contributed by atoms with Crippen LogP contribution >= 0.6 is 12.6 Å². The van der Waals surface area contributed by atoms with E-state index in [1.807, 2.05) is 0 Å². The molecule has 0 amide bonds. The third kappa shape index (κ3) is 4.17. The molecule has 0 unspecified atom stereocenters. The van der Waals surface area contributed by atoms with Crippen molar-refractivity contribution in [2.75, 3.05) is 25.4 Å². The molecule has 100 valence electrons. The Balaban J connectivity index is 1.87. The second-order valence-corrected chi connectivity index (χ2v) is 6.71. The van der Waals surface area contributed by atoms with Crippen molar-refractivity contribution in [3.05, 3.63) is 0 Å². The van der Waals surface area contributed by atoms with Crippen LogP contribution in [-0.2, 0) is 0 Å². The fourth-order valence-corrected chi connectivity index (χ4v) is 3.78. The van der Waals surface area contributed by atoms with Crippen LogP contribution < -0.4 is 0 Å². The first kappa shape index (κ1) is 13.7. The highest BCUT2D eigenvalue weighted by molar-refractivity contribution is 7.80. The number of thiol groups is 1. The lowest BCUT2D eigenvalue weighted by molar-refractivity contribution is 0.122. The van der Waals surface area contributed by atoms with Crippen molar-refractivity contribution in [2.45, 2.75) is 58.3 Å². The highest BCUT2D eigenvalue weighted by Crippen LogP contribution is 2.39. The minimum atomic E-state index is 0.547. The Morgan fingerprint density at radius 3 is 2.41 bits per heavy atom. The Bertz CT molecular complexity index is 219. The van der Waals surface area contributed by atoms with Gasteiger partial charge in [-0.25, -0.2) is 0 Å². The molecule has 2 fully saturated rings. The van der Waals surface area contributed by atoms with Gasteiger partial charge in [-0.3, -0.25) is 0 Å². The van der Waals surface area contributed by atoms with Gasteiger partial charge in [-0.05, 0) is 55.7 Å². The van der Waals surface area contributed by atoms with E-state index in [1.54, 1.807) is 0 Å². The third-order valence-electron chi connectivity index (χ3n) is 4.56. The summed E-state index contributed by atoms with van der Waals surface area (Å²) in [6.07, 6.45) is 11.4. The smallest absolute Gasteiger partial charge is 0.00459 e. The van der Waals surface area contributed by atoms with Crippen molar-refractivity contribution in [1.82, 2.24) is 4.90 Å². The summed E-state index contributed by atoms with van der Waals surface area (Å²) in [5, 5.41) is 0. The molecule has 1 nitrogen and oxygen atoms in total. The maximum Gasteiger partial charge on any atom is 0.00459 e. The predicted octanol–water partition coefficient (Wildman–Crippen LogP) is 3.99. The van der Waals surface area contributed by atoms with Crippen LogP contribution in [0.4, 0.5) is 0 Å².